The summed E-state index contributed by atoms with van der Waals surface area (Å²) in [4.78, 5) is 10.3. The third-order valence-electron chi connectivity index (χ3n) is 2.33. The Morgan fingerprint density at radius 3 is 2.22 bits per heavy atom. The highest BCUT2D eigenvalue weighted by atomic mass is 35.5. The number of hydrogen-bond donors (Lipinski definition) is 0. The Kier molecular flexibility index (Phi) is 3.50. The average Bonchev–Trinajstić information content (AvgIpc) is 2.27. The lowest BCUT2D eigenvalue weighted by molar-refractivity contribution is -0.384. The predicted octanol–water partition coefficient (Wildman–Crippen LogP) is 4.71. The summed E-state index contributed by atoms with van der Waals surface area (Å²) >= 11 is 11.6. The topological polar surface area (TPSA) is 43.1 Å². The molecule has 0 saturated heterocycles. The first-order valence-electron chi connectivity index (χ1n) is 4.88. The van der Waals surface area contributed by atoms with Crippen molar-refractivity contribution in [1.82, 2.24) is 0 Å². The lowest BCUT2D eigenvalue weighted by atomic mass is 10.0. The fourth-order valence-electron chi connectivity index (χ4n) is 1.61. The van der Waals surface area contributed by atoms with Crippen LogP contribution in [0.15, 0.2) is 36.4 Å². The fourth-order valence-corrected chi connectivity index (χ4v) is 2.13. The molecule has 2 rings (SSSR count). The molecule has 92 valence electrons. The first kappa shape index (κ1) is 12.8. The molecule has 0 bridgehead atoms. The summed E-state index contributed by atoms with van der Waals surface area (Å²) in [6.45, 7) is 0. The molecule has 2 aromatic carbocycles. The van der Waals surface area contributed by atoms with Gasteiger partial charge in [0.2, 0.25) is 0 Å². The van der Waals surface area contributed by atoms with Gasteiger partial charge in [-0.2, -0.15) is 0 Å². The molecular formula is C12H6Cl2FNO2. The second-order valence-electron chi connectivity index (χ2n) is 3.58. The molecule has 0 spiro atoms. The standard InChI is InChI=1S/C12H6Cl2FNO2/c13-8-3-7(4-9(14)5-8)11-6-10(15)1-2-12(11)16(17)18/h1-6H. The first-order valence-corrected chi connectivity index (χ1v) is 5.63. The molecule has 0 aliphatic carbocycles. The van der Waals surface area contributed by atoms with Crippen molar-refractivity contribution >= 4 is 28.9 Å². The Bertz CT molecular complexity index is 611. The van der Waals surface area contributed by atoms with Gasteiger partial charge in [0.05, 0.1) is 10.5 Å². The van der Waals surface area contributed by atoms with Gasteiger partial charge in [-0.15, -0.1) is 0 Å². The van der Waals surface area contributed by atoms with Crippen molar-refractivity contribution in [1.29, 1.82) is 0 Å². The number of nitro groups is 1. The van der Waals surface area contributed by atoms with E-state index in [-0.39, 0.29) is 11.3 Å². The molecule has 0 amide bonds. The normalized spacial score (nSPS) is 10.4. The lowest BCUT2D eigenvalue weighted by Gasteiger charge is -2.05. The van der Waals surface area contributed by atoms with Crippen LogP contribution in [0.4, 0.5) is 10.1 Å². The third-order valence-corrected chi connectivity index (χ3v) is 2.77. The van der Waals surface area contributed by atoms with E-state index >= 15 is 0 Å². The van der Waals surface area contributed by atoms with Crippen LogP contribution in [0, 0.1) is 15.9 Å². The van der Waals surface area contributed by atoms with Crippen LogP contribution in [0.25, 0.3) is 11.1 Å². The minimum absolute atomic E-state index is 0.143. The van der Waals surface area contributed by atoms with Crippen molar-refractivity contribution in [2.45, 2.75) is 0 Å². The second-order valence-corrected chi connectivity index (χ2v) is 4.45. The SMILES string of the molecule is O=[N+]([O-])c1ccc(F)cc1-c1cc(Cl)cc(Cl)c1. The molecule has 0 heterocycles. The molecule has 0 N–H and O–H groups in total. The van der Waals surface area contributed by atoms with Crippen LogP contribution in [-0.4, -0.2) is 4.92 Å². The summed E-state index contributed by atoms with van der Waals surface area (Å²) in [7, 11) is 0. The number of hydrogen-bond acceptors (Lipinski definition) is 2. The van der Waals surface area contributed by atoms with Crippen LogP contribution in [0.1, 0.15) is 0 Å². The van der Waals surface area contributed by atoms with E-state index in [1.54, 1.807) is 0 Å². The van der Waals surface area contributed by atoms with E-state index in [0.29, 0.717) is 15.6 Å². The second kappa shape index (κ2) is 4.92. The van der Waals surface area contributed by atoms with E-state index in [0.717, 1.165) is 18.2 Å². The summed E-state index contributed by atoms with van der Waals surface area (Å²) in [6, 6.07) is 7.72. The van der Waals surface area contributed by atoms with Gasteiger partial charge >= 0.3 is 0 Å². The maximum atomic E-state index is 13.2. The van der Waals surface area contributed by atoms with Gasteiger partial charge in [-0.1, -0.05) is 23.2 Å². The minimum atomic E-state index is -0.580. The Labute approximate surface area is 112 Å². The monoisotopic (exact) mass is 285 g/mol. The zero-order valence-electron chi connectivity index (χ0n) is 8.86. The number of nitrogens with zero attached hydrogens (tertiary/aromatic N) is 1. The van der Waals surface area contributed by atoms with Crippen molar-refractivity contribution in [2.24, 2.45) is 0 Å². The summed E-state index contributed by atoms with van der Waals surface area (Å²) in [5.74, 6) is -0.563. The van der Waals surface area contributed by atoms with Crippen LogP contribution in [0.2, 0.25) is 10.0 Å². The van der Waals surface area contributed by atoms with Gasteiger partial charge in [0.15, 0.2) is 0 Å². The van der Waals surface area contributed by atoms with Crippen LogP contribution < -0.4 is 0 Å². The van der Waals surface area contributed by atoms with Crippen molar-refractivity contribution < 1.29 is 9.31 Å². The fraction of sp³-hybridized carbons (Fsp3) is 0. The number of rotatable bonds is 2. The van der Waals surface area contributed by atoms with Gasteiger partial charge in [-0.05, 0) is 35.9 Å². The van der Waals surface area contributed by atoms with Gasteiger partial charge in [-0.25, -0.2) is 4.39 Å². The summed E-state index contributed by atoms with van der Waals surface area (Å²) < 4.78 is 13.2. The van der Waals surface area contributed by atoms with Gasteiger partial charge < -0.3 is 0 Å². The molecule has 0 unspecified atom stereocenters. The largest absolute Gasteiger partial charge is 0.277 e. The molecule has 3 nitrogen and oxygen atoms in total. The molecule has 0 aliphatic heterocycles. The van der Waals surface area contributed by atoms with E-state index in [1.807, 2.05) is 0 Å². The quantitative estimate of drug-likeness (QED) is 0.592. The molecule has 0 saturated carbocycles. The zero-order valence-corrected chi connectivity index (χ0v) is 10.4. The third kappa shape index (κ3) is 2.60. The van der Waals surface area contributed by atoms with E-state index in [9.17, 15) is 14.5 Å². The molecule has 0 aliphatic rings. The molecular weight excluding hydrogens is 280 g/mol. The summed E-state index contributed by atoms with van der Waals surface area (Å²) in [5.41, 5.74) is 0.345. The Hall–Kier alpha value is -1.65. The van der Waals surface area contributed by atoms with Crippen LogP contribution in [0.5, 0.6) is 0 Å². The van der Waals surface area contributed by atoms with E-state index in [1.165, 1.54) is 18.2 Å². The van der Waals surface area contributed by atoms with E-state index < -0.39 is 10.7 Å². The molecule has 0 fully saturated rings. The molecule has 0 aromatic heterocycles. The summed E-state index contributed by atoms with van der Waals surface area (Å²) in [6.07, 6.45) is 0. The highest BCUT2D eigenvalue weighted by molar-refractivity contribution is 6.35. The van der Waals surface area contributed by atoms with Gasteiger partial charge in [0.25, 0.3) is 5.69 Å². The molecule has 2 aromatic rings. The van der Waals surface area contributed by atoms with E-state index in [4.69, 9.17) is 23.2 Å². The van der Waals surface area contributed by atoms with Crippen LogP contribution >= 0.6 is 23.2 Å². The van der Waals surface area contributed by atoms with Crippen molar-refractivity contribution in [2.75, 3.05) is 0 Å². The van der Waals surface area contributed by atoms with Crippen molar-refractivity contribution in [3.63, 3.8) is 0 Å². The Balaban J connectivity index is 2.68. The molecule has 6 heteroatoms. The maximum Gasteiger partial charge on any atom is 0.277 e. The molecule has 18 heavy (non-hydrogen) atoms. The smallest absolute Gasteiger partial charge is 0.258 e. The molecule has 0 radical (unpaired) electrons. The van der Waals surface area contributed by atoms with Crippen molar-refractivity contribution in [3.8, 4) is 11.1 Å². The van der Waals surface area contributed by atoms with Crippen LogP contribution in [0.3, 0.4) is 0 Å². The number of nitro benzene ring substituents is 1. The zero-order chi connectivity index (χ0) is 13.3. The van der Waals surface area contributed by atoms with E-state index in [2.05, 4.69) is 0 Å². The van der Waals surface area contributed by atoms with Crippen molar-refractivity contribution in [3.05, 3.63) is 62.4 Å². The highest BCUT2D eigenvalue weighted by Crippen LogP contribution is 2.33. The average molecular weight is 286 g/mol. The van der Waals surface area contributed by atoms with Gasteiger partial charge in [0.1, 0.15) is 5.82 Å². The van der Waals surface area contributed by atoms with Gasteiger partial charge in [0, 0.05) is 16.1 Å². The molecule has 0 atom stereocenters. The Morgan fingerprint density at radius 1 is 1.06 bits per heavy atom. The first-order chi connectivity index (χ1) is 8.47. The number of benzene rings is 2. The maximum absolute atomic E-state index is 13.2. The Morgan fingerprint density at radius 2 is 1.67 bits per heavy atom. The van der Waals surface area contributed by atoms with Crippen LogP contribution in [-0.2, 0) is 0 Å². The van der Waals surface area contributed by atoms with Gasteiger partial charge in [-0.3, -0.25) is 10.1 Å². The lowest BCUT2D eigenvalue weighted by Crippen LogP contribution is -1.93. The highest BCUT2D eigenvalue weighted by Gasteiger charge is 2.16. The predicted molar refractivity (Wildman–Crippen MR) is 68.5 cm³/mol. The minimum Gasteiger partial charge on any atom is -0.258 e. The summed E-state index contributed by atoms with van der Waals surface area (Å²) in [5, 5.41) is 11.6. The number of halogens is 3.